The Morgan fingerprint density at radius 2 is 1.89 bits per heavy atom. The molecule has 0 bridgehead atoms. The van der Waals surface area contributed by atoms with Gasteiger partial charge in [0.15, 0.2) is 0 Å². The van der Waals surface area contributed by atoms with Gasteiger partial charge in [-0.05, 0) is 31.6 Å². The third kappa shape index (κ3) is 3.28. The number of carbonyl (C=O) groups excluding carboxylic acids is 2. The molecule has 1 N–H and O–H groups in total. The van der Waals surface area contributed by atoms with Crippen LogP contribution in [0, 0.1) is 11.8 Å². The summed E-state index contributed by atoms with van der Waals surface area (Å²) in [5.74, 6) is 0.897. The molecular weight excluding hydrogens is 240 g/mol. The molecule has 2 aliphatic rings. The quantitative estimate of drug-likeness (QED) is 0.848. The van der Waals surface area contributed by atoms with Gasteiger partial charge in [-0.2, -0.15) is 0 Å². The Labute approximate surface area is 115 Å². The molecule has 1 saturated carbocycles. The minimum atomic E-state index is -0.348. The van der Waals surface area contributed by atoms with Gasteiger partial charge in [0.25, 0.3) is 0 Å². The summed E-state index contributed by atoms with van der Waals surface area (Å²) in [6.07, 6.45) is 5.45. The van der Waals surface area contributed by atoms with Crippen LogP contribution in [0.2, 0.25) is 0 Å². The van der Waals surface area contributed by atoms with Crippen LogP contribution >= 0.6 is 0 Å². The second-order valence-corrected chi connectivity index (χ2v) is 6.48. The smallest absolute Gasteiger partial charge is 0.245 e. The molecule has 1 saturated heterocycles. The highest BCUT2D eigenvalue weighted by Gasteiger charge is 2.36. The molecule has 0 aromatic rings. The number of nitrogens with one attached hydrogen (secondary N) is 1. The molecule has 4 heteroatoms. The molecule has 2 unspecified atom stereocenters. The molecule has 0 radical (unpaired) electrons. The van der Waals surface area contributed by atoms with Gasteiger partial charge in [0.1, 0.15) is 6.04 Å². The Kier molecular flexibility index (Phi) is 4.48. The largest absolute Gasteiger partial charge is 0.344 e. The topological polar surface area (TPSA) is 49.4 Å². The molecule has 2 rings (SSSR count). The van der Waals surface area contributed by atoms with Crippen LogP contribution in [0.4, 0.5) is 0 Å². The normalized spacial score (nSPS) is 29.8. The van der Waals surface area contributed by atoms with Gasteiger partial charge in [-0.1, -0.05) is 26.7 Å². The lowest BCUT2D eigenvalue weighted by Gasteiger charge is -2.32. The standard InChI is InChI=1S/C15H26N2O2/c1-10(2)14-15(19)17(9-12-6-4-5-7-12)11(3)8-13(18)16-14/h10-12,14H,4-9H2,1-3H3,(H,16,18). The van der Waals surface area contributed by atoms with Gasteiger partial charge < -0.3 is 10.2 Å². The molecule has 1 heterocycles. The van der Waals surface area contributed by atoms with Crippen LogP contribution in [0.3, 0.4) is 0 Å². The minimum absolute atomic E-state index is 0.00784. The first kappa shape index (κ1) is 14.4. The lowest BCUT2D eigenvalue weighted by atomic mass is 10.0. The SMILES string of the molecule is CC(C)C1NC(=O)CC(C)N(CC2CCCC2)C1=O. The molecule has 0 aromatic carbocycles. The zero-order valence-electron chi connectivity index (χ0n) is 12.3. The van der Waals surface area contributed by atoms with Crippen molar-refractivity contribution in [3.63, 3.8) is 0 Å². The Morgan fingerprint density at radius 3 is 2.47 bits per heavy atom. The molecule has 2 fully saturated rings. The number of carbonyl (C=O) groups is 2. The predicted octanol–water partition coefficient (Wildman–Crippen LogP) is 1.94. The molecule has 4 nitrogen and oxygen atoms in total. The van der Waals surface area contributed by atoms with E-state index in [1.165, 1.54) is 25.7 Å². The molecule has 1 aliphatic carbocycles. The first-order chi connectivity index (χ1) is 8.99. The van der Waals surface area contributed by atoms with E-state index in [2.05, 4.69) is 5.32 Å². The molecule has 19 heavy (non-hydrogen) atoms. The van der Waals surface area contributed by atoms with Crippen LogP contribution in [0.15, 0.2) is 0 Å². The van der Waals surface area contributed by atoms with Crippen molar-refractivity contribution in [2.45, 2.75) is 65.0 Å². The van der Waals surface area contributed by atoms with Crippen molar-refractivity contribution in [3.8, 4) is 0 Å². The van der Waals surface area contributed by atoms with Crippen LogP contribution in [0.5, 0.6) is 0 Å². The highest BCUT2D eigenvalue weighted by atomic mass is 16.2. The first-order valence-electron chi connectivity index (χ1n) is 7.59. The van der Waals surface area contributed by atoms with Gasteiger partial charge in [0.05, 0.1) is 0 Å². The molecule has 2 atom stereocenters. The number of amides is 2. The Bertz CT molecular complexity index is 348. The Balaban J connectivity index is 2.12. The fourth-order valence-electron chi connectivity index (χ4n) is 3.26. The monoisotopic (exact) mass is 266 g/mol. The van der Waals surface area contributed by atoms with E-state index in [1.54, 1.807) is 0 Å². The lowest BCUT2D eigenvalue weighted by molar-refractivity contribution is -0.136. The molecule has 0 spiro atoms. The zero-order chi connectivity index (χ0) is 14.0. The van der Waals surface area contributed by atoms with Crippen LogP contribution in [0.1, 0.15) is 52.9 Å². The number of hydrogen-bond acceptors (Lipinski definition) is 2. The van der Waals surface area contributed by atoms with Crippen molar-refractivity contribution in [1.29, 1.82) is 0 Å². The van der Waals surface area contributed by atoms with E-state index in [-0.39, 0.29) is 29.8 Å². The van der Waals surface area contributed by atoms with E-state index in [0.717, 1.165) is 6.54 Å². The van der Waals surface area contributed by atoms with Gasteiger partial charge in [0, 0.05) is 19.0 Å². The lowest BCUT2D eigenvalue weighted by Crippen LogP contribution is -2.50. The summed E-state index contributed by atoms with van der Waals surface area (Å²) in [6, 6.07) is -0.323. The van der Waals surface area contributed by atoms with Crippen molar-refractivity contribution in [2.24, 2.45) is 11.8 Å². The average molecular weight is 266 g/mol. The summed E-state index contributed by atoms with van der Waals surface area (Å²) in [7, 11) is 0. The molecular formula is C15H26N2O2. The van der Waals surface area contributed by atoms with Crippen molar-refractivity contribution >= 4 is 11.8 Å². The highest BCUT2D eigenvalue weighted by molar-refractivity contribution is 5.90. The molecule has 2 amide bonds. The fourth-order valence-corrected chi connectivity index (χ4v) is 3.26. The summed E-state index contributed by atoms with van der Waals surface area (Å²) < 4.78 is 0. The number of nitrogens with zero attached hydrogens (tertiary/aromatic N) is 1. The fraction of sp³-hybridized carbons (Fsp3) is 0.867. The predicted molar refractivity (Wildman–Crippen MR) is 74.5 cm³/mol. The third-order valence-corrected chi connectivity index (χ3v) is 4.47. The van der Waals surface area contributed by atoms with E-state index in [1.807, 2.05) is 25.7 Å². The van der Waals surface area contributed by atoms with Crippen LogP contribution in [-0.4, -0.2) is 35.3 Å². The minimum Gasteiger partial charge on any atom is -0.344 e. The van der Waals surface area contributed by atoms with Crippen LogP contribution in [0.25, 0.3) is 0 Å². The Morgan fingerprint density at radius 1 is 1.26 bits per heavy atom. The third-order valence-electron chi connectivity index (χ3n) is 4.47. The van der Waals surface area contributed by atoms with Crippen molar-refractivity contribution in [3.05, 3.63) is 0 Å². The van der Waals surface area contributed by atoms with Crippen molar-refractivity contribution < 1.29 is 9.59 Å². The Hall–Kier alpha value is -1.06. The van der Waals surface area contributed by atoms with E-state index in [4.69, 9.17) is 0 Å². The second kappa shape index (κ2) is 5.93. The summed E-state index contributed by atoms with van der Waals surface area (Å²) in [5, 5.41) is 2.88. The zero-order valence-corrected chi connectivity index (χ0v) is 12.3. The van der Waals surface area contributed by atoms with Gasteiger partial charge in [-0.3, -0.25) is 9.59 Å². The van der Waals surface area contributed by atoms with Crippen molar-refractivity contribution in [1.82, 2.24) is 10.2 Å². The summed E-state index contributed by atoms with van der Waals surface area (Å²) in [5.41, 5.74) is 0. The summed E-state index contributed by atoms with van der Waals surface area (Å²) in [4.78, 5) is 26.4. The van der Waals surface area contributed by atoms with Gasteiger partial charge in [-0.15, -0.1) is 0 Å². The number of hydrogen-bond donors (Lipinski definition) is 1. The van der Waals surface area contributed by atoms with Gasteiger partial charge >= 0.3 is 0 Å². The summed E-state index contributed by atoms with van der Waals surface area (Å²) >= 11 is 0. The maximum absolute atomic E-state index is 12.6. The van der Waals surface area contributed by atoms with E-state index in [0.29, 0.717) is 12.3 Å². The van der Waals surface area contributed by atoms with Crippen LogP contribution in [-0.2, 0) is 9.59 Å². The van der Waals surface area contributed by atoms with E-state index >= 15 is 0 Å². The second-order valence-electron chi connectivity index (χ2n) is 6.48. The molecule has 108 valence electrons. The summed E-state index contributed by atoms with van der Waals surface area (Å²) in [6.45, 7) is 6.81. The van der Waals surface area contributed by atoms with E-state index < -0.39 is 0 Å². The highest BCUT2D eigenvalue weighted by Crippen LogP contribution is 2.27. The maximum atomic E-state index is 12.6. The first-order valence-corrected chi connectivity index (χ1v) is 7.59. The maximum Gasteiger partial charge on any atom is 0.245 e. The number of rotatable bonds is 3. The molecule has 1 aliphatic heterocycles. The van der Waals surface area contributed by atoms with Gasteiger partial charge in [-0.25, -0.2) is 0 Å². The molecule has 0 aromatic heterocycles. The van der Waals surface area contributed by atoms with Crippen molar-refractivity contribution in [2.75, 3.05) is 6.54 Å². The average Bonchev–Trinajstić information content (AvgIpc) is 2.80. The van der Waals surface area contributed by atoms with Crippen LogP contribution < -0.4 is 5.32 Å². The van der Waals surface area contributed by atoms with Gasteiger partial charge in [0.2, 0.25) is 11.8 Å². The van der Waals surface area contributed by atoms with E-state index in [9.17, 15) is 9.59 Å².